The lowest BCUT2D eigenvalue weighted by molar-refractivity contribution is -0.122. The normalized spacial score (nSPS) is 18.2. The number of halogens is 1. The van der Waals surface area contributed by atoms with Crippen LogP contribution in [0.15, 0.2) is 35.8 Å². The van der Waals surface area contributed by atoms with Gasteiger partial charge in [-0.2, -0.15) is 0 Å². The molecule has 0 aliphatic carbocycles. The van der Waals surface area contributed by atoms with Crippen LogP contribution in [0, 0.1) is 5.92 Å². The summed E-state index contributed by atoms with van der Waals surface area (Å²) in [6.45, 7) is 6.01. The second-order valence-electron chi connectivity index (χ2n) is 7.12. The first-order valence-corrected chi connectivity index (χ1v) is 9.48. The van der Waals surface area contributed by atoms with E-state index in [1.807, 2.05) is 41.6 Å². The Labute approximate surface area is 163 Å². The van der Waals surface area contributed by atoms with Crippen LogP contribution >= 0.6 is 11.6 Å². The highest BCUT2D eigenvalue weighted by molar-refractivity contribution is 6.33. The number of aromatic nitrogens is 2. The van der Waals surface area contributed by atoms with E-state index in [9.17, 15) is 4.79 Å². The van der Waals surface area contributed by atoms with Crippen molar-refractivity contribution in [1.29, 1.82) is 0 Å². The number of aryl methyl sites for hydroxylation is 1. The molecule has 2 aliphatic rings. The number of ether oxygens (including phenoxy) is 1. The van der Waals surface area contributed by atoms with Crippen molar-refractivity contribution in [2.24, 2.45) is 10.9 Å². The maximum Gasteiger partial charge on any atom is 0.249 e. The van der Waals surface area contributed by atoms with Gasteiger partial charge in [-0.15, -0.1) is 0 Å². The number of aliphatic imine (C=N–C) groups is 1. The predicted octanol–water partition coefficient (Wildman–Crippen LogP) is 2.96. The van der Waals surface area contributed by atoms with Gasteiger partial charge in [0, 0.05) is 24.5 Å². The molecule has 1 aromatic carbocycles. The average Bonchev–Trinajstić information content (AvgIpc) is 3.25. The van der Waals surface area contributed by atoms with Gasteiger partial charge in [0.1, 0.15) is 11.8 Å². The Bertz CT molecular complexity index is 878. The molecule has 1 N–H and O–H groups in total. The lowest BCUT2D eigenvalue weighted by Gasteiger charge is -2.30. The Morgan fingerprint density at radius 1 is 1.41 bits per heavy atom. The Morgan fingerprint density at radius 3 is 3.00 bits per heavy atom. The Hall–Kier alpha value is -2.54. The van der Waals surface area contributed by atoms with Crippen molar-refractivity contribution in [3.8, 4) is 5.75 Å². The van der Waals surface area contributed by atoms with E-state index in [1.165, 1.54) is 0 Å². The van der Waals surface area contributed by atoms with Gasteiger partial charge in [-0.3, -0.25) is 10.1 Å². The van der Waals surface area contributed by atoms with Crippen molar-refractivity contribution in [1.82, 2.24) is 19.8 Å². The molecule has 2 aliphatic heterocycles. The fourth-order valence-electron chi connectivity index (χ4n) is 3.55. The number of carbonyl (C=O) groups excluding carboxylic acids is 1. The fraction of sp³-hybridized carbons (Fsp3) is 0.421. The van der Waals surface area contributed by atoms with Crippen LogP contribution in [0.5, 0.6) is 5.75 Å². The minimum absolute atomic E-state index is 0.0105. The van der Waals surface area contributed by atoms with Gasteiger partial charge in [0.25, 0.3) is 0 Å². The van der Waals surface area contributed by atoms with E-state index in [2.05, 4.69) is 15.3 Å². The number of carbonyl (C=O) groups is 1. The zero-order chi connectivity index (χ0) is 19.0. The van der Waals surface area contributed by atoms with Gasteiger partial charge in [0.2, 0.25) is 11.9 Å². The van der Waals surface area contributed by atoms with E-state index < -0.39 is 0 Å². The van der Waals surface area contributed by atoms with Crippen LogP contribution in [0.25, 0.3) is 0 Å². The van der Waals surface area contributed by atoms with Gasteiger partial charge >= 0.3 is 0 Å². The maximum atomic E-state index is 12.3. The van der Waals surface area contributed by atoms with E-state index in [0.29, 0.717) is 29.9 Å². The molecular formula is C19H22ClN5O2. The van der Waals surface area contributed by atoms with Crippen LogP contribution in [0.3, 0.4) is 0 Å². The molecule has 1 saturated heterocycles. The number of fused-ring (bicyclic) bond motifs is 2. The SMILES string of the molecule is CC(C)C1C(=O)NC2=Nc3ccc(OCCCn4ccnc4)c(Cl)c3CN21. The van der Waals surface area contributed by atoms with Gasteiger partial charge in [0.05, 0.1) is 30.2 Å². The fourth-order valence-corrected chi connectivity index (χ4v) is 3.82. The zero-order valence-electron chi connectivity index (χ0n) is 15.4. The molecule has 1 fully saturated rings. The second kappa shape index (κ2) is 7.23. The molecule has 0 bridgehead atoms. The topological polar surface area (TPSA) is 71.7 Å². The molecule has 2 aromatic rings. The quantitative estimate of drug-likeness (QED) is 0.773. The molecule has 8 heteroatoms. The summed E-state index contributed by atoms with van der Waals surface area (Å²) in [5.41, 5.74) is 1.68. The van der Waals surface area contributed by atoms with Crippen molar-refractivity contribution < 1.29 is 9.53 Å². The number of imidazole rings is 1. The summed E-state index contributed by atoms with van der Waals surface area (Å²) in [4.78, 5) is 22.9. The molecular weight excluding hydrogens is 366 g/mol. The maximum absolute atomic E-state index is 12.3. The molecule has 142 valence electrons. The molecule has 4 rings (SSSR count). The van der Waals surface area contributed by atoms with Gasteiger partial charge in [0.15, 0.2) is 0 Å². The summed E-state index contributed by atoms with van der Waals surface area (Å²) in [5, 5.41) is 3.44. The number of guanidine groups is 1. The third-order valence-corrected chi connectivity index (χ3v) is 5.27. The molecule has 0 saturated carbocycles. The molecule has 1 unspecified atom stereocenters. The van der Waals surface area contributed by atoms with Crippen LogP contribution in [0.4, 0.5) is 5.69 Å². The van der Waals surface area contributed by atoms with Crippen LogP contribution in [-0.2, 0) is 17.9 Å². The van der Waals surface area contributed by atoms with Crippen LogP contribution in [0.1, 0.15) is 25.8 Å². The van der Waals surface area contributed by atoms with E-state index in [0.717, 1.165) is 24.2 Å². The van der Waals surface area contributed by atoms with Crippen molar-refractivity contribution >= 4 is 29.2 Å². The smallest absolute Gasteiger partial charge is 0.249 e. The van der Waals surface area contributed by atoms with Gasteiger partial charge in [-0.1, -0.05) is 25.4 Å². The molecule has 1 amide bonds. The minimum atomic E-state index is -0.229. The second-order valence-corrected chi connectivity index (χ2v) is 7.50. The summed E-state index contributed by atoms with van der Waals surface area (Å²) in [6.07, 6.45) is 6.33. The van der Waals surface area contributed by atoms with Crippen LogP contribution in [0.2, 0.25) is 5.02 Å². The molecule has 3 heterocycles. The molecule has 0 radical (unpaired) electrons. The summed E-state index contributed by atoms with van der Waals surface area (Å²) < 4.78 is 7.90. The molecule has 27 heavy (non-hydrogen) atoms. The summed E-state index contributed by atoms with van der Waals surface area (Å²) in [7, 11) is 0. The van der Waals surface area contributed by atoms with Crippen molar-refractivity contribution in [2.45, 2.75) is 39.4 Å². The van der Waals surface area contributed by atoms with E-state index in [-0.39, 0.29) is 17.9 Å². The predicted molar refractivity (Wildman–Crippen MR) is 103 cm³/mol. The van der Waals surface area contributed by atoms with Crippen molar-refractivity contribution in [2.75, 3.05) is 6.61 Å². The number of rotatable bonds is 6. The highest BCUT2D eigenvalue weighted by atomic mass is 35.5. The van der Waals surface area contributed by atoms with Crippen LogP contribution in [-0.4, -0.2) is 39.0 Å². The zero-order valence-corrected chi connectivity index (χ0v) is 16.1. The van der Waals surface area contributed by atoms with Crippen molar-refractivity contribution in [3.05, 3.63) is 41.4 Å². The third-order valence-electron chi connectivity index (χ3n) is 4.86. The van der Waals surface area contributed by atoms with E-state index in [1.54, 1.807) is 12.5 Å². The number of nitrogens with one attached hydrogen (secondary N) is 1. The minimum Gasteiger partial charge on any atom is -0.492 e. The molecule has 7 nitrogen and oxygen atoms in total. The highest BCUT2D eigenvalue weighted by Gasteiger charge is 2.41. The first-order valence-electron chi connectivity index (χ1n) is 9.10. The monoisotopic (exact) mass is 387 g/mol. The number of hydrogen-bond acceptors (Lipinski definition) is 5. The lowest BCUT2D eigenvalue weighted by atomic mass is 10.0. The average molecular weight is 388 g/mol. The van der Waals surface area contributed by atoms with E-state index in [4.69, 9.17) is 16.3 Å². The van der Waals surface area contributed by atoms with Crippen LogP contribution < -0.4 is 10.1 Å². The Balaban J connectivity index is 1.47. The Kier molecular flexibility index (Phi) is 4.78. The number of hydrogen-bond donors (Lipinski definition) is 1. The van der Waals surface area contributed by atoms with Gasteiger partial charge < -0.3 is 14.2 Å². The number of benzene rings is 1. The Morgan fingerprint density at radius 2 is 2.26 bits per heavy atom. The van der Waals surface area contributed by atoms with Crippen molar-refractivity contribution in [3.63, 3.8) is 0 Å². The lowest BCUT2D eigenvalue weighted by Crippen LogP contribution is -2.40. The highest BCUT2D eigenvalue weighted by Crippen LogP contribution is 2.39. The molecule has 0 spiro atoms. The van der Waals surface area contributed by atoms with Gasteiger partial charge in [-0.05, 0) is 24.5 Å². The first kappa shape index (κ1) is 17.9. The van der Waals surface area contributed by atoms with Gasteiger partial charge in [-0.25, -0.2) is 9.98 Å². The third kappa shape index (κ3) is 3.39. The standard InChI is InChI=1S/C19H22ClN5O2/c1-12(2)17-18(26)23-19-22-14-4-5-15(16(20)13(14)10-25(17)19)27-9-3-7-24-8-6-21-11-24/h4-6,8,11-12,17H,3,7,9-10H2,1-2H3,(H,22,23,26). The summed E-state index contributed by atoms with van der Waals surface area (Å²) in [6, 6.07) is 3.51. The van der Waals surface area contributed by atoms with E-state index >= 15 is 0 Å². The largest absolute Gasteiger partial charge is 0.492 e. The first-order chi connectivity index (χ1) is 13.0. The summed E-state index contributed by atoms with van der Waals surface area (Å²) in [5.74, 6) is 1.43. The summed E-state index contributed by atoms with van der Waals surface area (Å²) >= 11 is 6.62. The molecule has 1 atom stereocenters. The number of nitrogens with zero attached hydrogens (tertiary/aromatic N) is 4. The molecule has 1 aromatic heterocycles. The number of amides is 1.